The highest BCUT2D eigenvalue weighted by Crippen LogP contribution is 2.32. The molecule has 0 saturated carbocycles. The highest BCUT2D eigenvalue weighted by atomic mass is 14.2. The van der Waals surface area contributed by atoms with Crippen molar-refractivity contribution >= 4 is 16.8 Å². The largest absolute Gasteiger partial charge is 0.0683 e. The zero-order valence-electron chi connectivity index (χ0n) is 9.17. The molecule has 0 atom stereocenters. The van der Waals surface area contributed by atoms with Crippen LogP contribution in [0.5, 0.6) is 0 Å². The van der Waals surface area contributed by atoms with Crippen LogP contribution >= 0.6 is 0 Å². The van der Waals surface area contributed by atoms with Gasteiger partial charge in [0.25, 0.3) is 0 Å². The SMILES string of the molecule is CC1=Cc2c(C)ccc3cccc(c23)C1. The minimum Gasteiger partial charge on any atom is -0.0683 e. The fourth-order valence-corrected chi connectivity index (χ4v) is 2.52. The van der Waals surface area contributed by atoms with E-state index >= 15 is 0 Å². The minimum absolute atomic E-state index is 1.10. The van der Waals surface area contributed by atoms with Crippen LogP contribution in [0.4, 0.5) is 0 Å². The van der Waals surface area contributed by atoms with Crippen molar-refractivity contribution in [1.82, 2.24) is 0 Å². The molecular weight excluding hydrogens is 180 g/mol. The topological polar surface area (TPSA) is 0 Å². The fraction of sp³-hybridized carbons (Fsp3) is 0.200. The van der Waals surface area contributed by atoms with Gasteiger partial charge in [0, 0.05) is 0 Å². The van der Waals surface area contributed by atoms with Gasteiger partial charge in [-0.15, -0.1) is 0 Å². The second-order valence-corrected chi connectivity index (χ2v) is 4.48. The van der Waals surface area contributed by atoms with Gasteiger partial charge in [0.05, 0.1) is 0 Å². The van der Waals surface area contributed by atoms with E-state index in [2.05, 4.69) is 50.3 Å². The molecule has 2 aromatic rings. The maximum absolute atomic E-state index is 2.34. The first-order valence-corrected chi connectivity index (χ1v) is 5.44. The Morgan fingerprint density at radius 2 is 1.87 bits per heavy atom. The number of aryl methyl sites for hydroxylation is 1. The van der Waals surface area contributed by atoms with Gasteiger partial charge in [-0.1, -0.05) is 42.0 Å². The van der Waals surface area contributed by atoms with Crippen LogP contribution in [0.25, 0.3) is 16.8 Å². The van der Waals surface area contributed by atoms with Crippen molar-refractivity contribution in [2.75, 3.05) is 0 Å². The Morgan fingerprint density at radius 3 is 2.73 bits per heavy atom. The summed E-state index contributed by atoms with van der Waals surface area (Å²) in [6.45, 7) is 4.41. The quantitative estimate of drug-likeness (QED) is 0.592. The van der Waals surface area contributed by atoms with E-state index in [4.69, 9.17) is 0 Å². The van der Waals surface area contributed by atoms with Gasteiger partial charge in [0.2, 0.25) is 0 Å². The molecule has 1 aliphatic rings. The van der Waals surface area contributed by atoms with Crippen molar-refractivity contribution in [3.63, 3.8) is 0 Å². The average molecular weight is 194 g/mol. The molecule has 0 bridgehead atoms. The molecule has 0 N–H and O–H groups in total. The maximum atomic E-state index is 2.34. The van der Waals surface area contributed by atoms with Crippen molar-refractivity contribution in [3.8, 4) is 0 Å². The molecule has 3 rings (SSSR count). The summed E-state index contributed by atoms with van der Waals surface area (Å²) in [5.41, 5.74) is 5.75. The molecule has 1 aliphatic carbocycles. The van der Waals surface area contributed by atoms with Gasteiger partial charge >= 0.3 is 0 Å². The first-order valence-electron chi connectivity index (χ1n) is 5.44. The Labute approximate surface area is 90.2 Å². The third-order valence-electron chi connectivity index (χ3n) is 3.25. The highest BCUT2D eigenvalue weighted by molar-refractivity contribution is 5.96. The van der Waals surface area contributed by atoms with Gasteiger partial charge < -0.3 is 0 Å². The van der Waals surface area contributed by atoms with E-state index in [1.807, 2.05) is 0 Å². The monoisotopic (exact) mass is 194 g/mol. The molecule has 0 aromatic heterocycles. The number of hydrogen-bond donors (Lipinski definition) is 0. The average Bonchev–Trinajstić information content (AvgIpc) is 2.23. The van der Waals surface area contributed by atoms with Crippen LogP contribution in [0.2, 0.25) is 0 Å². The summed E-state index contributed by atoms with van der Waals surface area (Å²) >= 11 is 0. The predicted molar refractivity (Wildman–Crippen MR) is 66.0 cm³/mol. The molecule has 0 aliphatic heterocycles. The van der Waals surface area contributed by atoms with Crippen LogP contribution in [0.15, 0.2) is 35.9 Å². The molecule has 0 unspecified atom stereocenters. The first kappa shape index (κ1) is 8.72. The van der Waals surface area contributed by atoms with E-state index in [0.717, 1.165) is 6.42 Å². The highest BCUT2D eigenvalue weighted by Gasteiger charge is 2.12. The lowest BCUT2D eigenvalue weighted by atomic mass is 9.87. The zero-order chi connectivity index (χ0) is 10.4. The molecule has 0 nitrogen and oxygen atoms in total. The van der Waals surface area contributed by atoms with Crippen LogP contribution in [0, 0.1) is 6.92 Å². The Morgan fingerprint density at radius 1 is 1.00 bits per heavy atom. The molecule has 0 heteroatoms. The normalized spacial score (nSPS) is 14.1. The van der Waals surface area contributed by atoms with Crippen molar-refractivity contribution in [2.24, 2.45) is 0 Å². The van der Waals surface area contributed by atoms with E-state index in [9.17, 15) is 0 Å². The summed E-state index contributed by atoms with van der Waals surface area (Å²) in [7, 11) is 0. The van der Waals surface area contributed by atoms with Gasteiger partial charge in [-0.05, 0) is 47.7 Å². The fourth-order valence-electron chi connectivity index (χ4n) is 2.52. The smallest absolute Gasteiger partial charge is 0.00602 e. The second kappa shape index (κ2) is 2.96. The van der Waals surface area contributed by atoms with Crippen LogP contribution in [-0.2, 0) is 6.42 Å². The van der Waals surface area contributed by atoms with E-state index in [1.165, 1.54) is 33.0 Å². The van der Waals surface area contributed by atoms with Gasteiger partial charge in [0.15, 0.2) is 0 Å². The molecule has 0 amide bonds. The second-order valence-electron chi connectivity index (χ2n) is 4.48. The van der Waals surface area contributed by atoms with Crippen LogP contribution in [0.3, 0.4) is 0 Å². The molecule has 0 saturated heterocycles. The van der Waals surface area contributed by atoms with E-state index in [-0.39, 0.29) is 0 Å². The maximum Gasteiger partial charge on any atom is -0.00602 e. The Balaban J connectivity index is 2.52. The molecule has 0 spiro atoms. The molecule has 0 radical (unpaired) electrons. The third-order valence-corrected chi connectivity index (χ3v) is 3.25. The molecular formula is C15H14. The van der Waals surface area contributed by atoms with Gasteiger partial charge in [-0.3, -0.25) is 0 Å². The van der Waals surface area contributed by atoms with Crippen molar-refractivity contribution < 1.29 is 0 Å². The van der Waals surface area contributed by atoms with E-state index in [1.54, 1.807) is 0 Å². The van der Waals surface area contributed by atoms with Crippen molar-refractivity contribution in [3.05, 3.63) is 52.6 Å². The van der Waals surface area contributed by atoms with Gasteiger partial charge in [-0.2, -0.15) is 0 Å². The number of hydrogen-bond acceptors (Lipinski definition) is 0. The van der Waals surface area contributed by atoms with Crippen molar-refractivity contribution in [2.45, 2.75) is 20.3 Å². The molecule has 15 heavy (non-hydrogen) atoms. The zero-order valence-corrected chi connectivity index (χ0v) is 9.17. The van der Waals surface area contributed by atoms with Gasteiger partial charge in [-0.25, -0.2) is 0 Å². The molecule has 2 aromatic carbocycles. The van der Waals surface area contributed by atoms with Crippen LogP contribution in [-0.4, -0.2) is 0 Å². The standard InChI is InChI=1S/C15H14/c1-10-8-13-5-3-4-12-7-6-11(2)14(9-10)15(12)13/h3-7,9H,8H2,1-2H3. The summed E-state index contributed by atoms with van der Waals surface area (Å²) in [5, 5.41) is 2.83. The Bertz CT molecular complexity index is 574. The molecule has 74 valence electrons. The summed E-state index contributed by atoms with van der Waals surface area (Å²) in [6.07, 6.45) is 3.44. The van der Waals surface area contributed by atoms with Crippen molar-refractivity contribution in [1.29, 1.82) is 0 Å². The summed E-state index contributed by atoms with van der Waals surface area (Å²) < 4.78 is 0. The molecule has 0 heterocycles. The first-order chi connectivity index (χ1) is 7.25. The lowest BCUT2D eigenvalue weighted by molar-refractivity contribution is 1.16. The third kappa shape index (κ3) is 1.21. The summed E-state index contributed by atoms with van der Waals surface area (Å²) in [6, 6.07) is 11.1. The van der Waals surface area contributed by atoms with E-state index < -0.39 is 0 Å². The van der Waals surface area contributed by atoms with Crippen LogP contribution in [0.1, 0.15) is 23.6 Å². The van der Waals surface area contributed by atoms with Gasteiger partial charge in [0.1, 0.15) is 0 Å². The number of rotatable bonds is 0. The minimum atomic E-state index is 1.10. The van der Waals surface area contributed by atoms with Crippen LogP contribution < -0.4 is 0 Å². The molecule has 0 fully saturated rings. The lowest BCUT2D eigenvalue weighted by Gasteiger charge is -2.17. The number of benzene rings is 2. The predicted octanol–water partition coefficient (Wildman–Crippen LogP) is 4.11. The number of allylic oxidation sites excluding steroid dienone is 1. The Kier molecular flexibility index (Phi) is 1.72. The lowest BCUT2D eigenvalue weighted by Crippen LogP contribution is -1.98. The summed E-state index contributed by atoms with van der Waals surface area (Å²) in [5.74, 6) is 0. The summed E-state index contributed by atoms with van der Waals surface area (Å²) in [4.78, 5) is 0. The Hall–Kier alpha value is -1.56. The van der Waals surface area contributed by atoms with E-state index in [0.29, 0.717) is 0 Å².